The van der Waals surface area contributed by atoms with Gasteiger partial charge in [0.05, 0.1) is 0 Å². The molecule has 0 amide bonds. The normalized spacial score (nSPS) is 19.3. The summed E-state index contributed by atoms with van der Waals surface area (Å²) in [6.45, 7) is 5.80. The van der Waals surface area contributed by atoms with Gasteiger partial charge < -0.3 is 4.90 Å². The fraction of sp³-hybridized carbons (Fsp3) is 0.625. The minimum absolute atomic E-state index is 0.741. The molecule has 0 radical (unpaired) electrons. The highest BCUT2D eigenvalue weighted by molar-refractivity contribution is 5.30. The predicted molar refractivity (Wildman–Crippen MR) is 78.1 cm³/mol. The molecule has 0 aromatic heterocycles. The zero-order valence-corrected chi connectivity index (χ0v) is 12.0. The molecule has 1 aliphatic carbocycles. The molecule has 100 valence electrons. The Morgan fingerprint density at radius 1 is 1.11 bits per heavy atom. The number of rotatable bonds is 5. The van der Waals surface area contributed by atoms with E-state index in [1.165, 1.54) is 32.4 Å². The second-order valence-corrected chi connectivity index (χ2v) is 5.60. The Morgan fingerprint density at radius 3 is 2.50 bits per heavy atom. The number of hydrogen-bond acceptors (Lipinski definition) is 2. The van der Waals surface area contributed by atoms with E-state index in [1.54, 1.807) is 11.1 Å². The van der Waals surface area contributed by atoms with Gasteiger partial charge in [-0.1, -0.05) is 31.2 Å². The van der Waals surface area contributed by atoms with Crippen LogP contribution in [0.1, 0.15) is 24.5 Å². The third kappa shape index (κ3) is 3.33. The van der Waals surface area contributed by atoms with Crippen molar-refractivity contribution in [3.63, 3.8) is 0 Å². The summed E-state index contributed by atoms with van der Waals surface area (Å²) < 4.78 is 0. The maximum absolute atomic E-state index is 2.65. The van der Waals surface area contributed by atoms with Gasteiger partial charge in [0, 0.05) is 19.1 Å². The Labute approximate surface area is 112 Å². The molecule has 0 bridgehead atoms. The van der Waals surface area contributed by atoms with E-state index in [1.807, 2.05) is 0 Å². The largest absolute Gasteiger partial charge is 0.308 e. The van der Waals surface area contributed by atoms with Crippen LogP contribution in [0.25, 0.3) is 0 Å². The highest BCUT2D eigenvalue weighted by Crippen LogP contribution is 2.24. The van der Waals surface area contributed by atoms with Gasteiger partial charge in [0.2, 0.25) is 0 Å². The van der Waals surface area contributed by atoms with Crippen molar-refractivity contribution < 1.29 is 0 Å². The van der Waals surface area contributed by atoms with Crippen molar-refractivity contribution in [3.05, 3.63) is 35.4 Å². The molecule has 2 heteroatoms. The van der Waals surface area contributed by atoms with Crippen molar-refractivity contribution in [1.29, 1.82) is 0 Å². The van der Waals surface area contributed by atoms with Crippen LogP contribution < -0.4 is 0 Å². The van der Waals surface area contributed by atoms with Gasteiger partial charge in [0.15, 0.2) is 0 Å². The van der Waals surface area contributed by atoms with Gasteiger partial charge in [-0.3, -0.25) is 4.90 Å². The molecule has 0 spiro atoms. The molecular weight excluding hydrogens is 220 g/mol. The van der Waals surface area contributed by atoms with E-state index < -0.39 is 0 Å². The first-order valence-corrected chi connectivity index (χ1v) is 7.16. The highest BCUT2D eigenvalue weighted by atomic mass is 15.2. The predicted octanol–water partition coefficient (Wildman–Crippen LogP) is 2.43. The lowest BCUT2D eigenvalue weighted by molar-refractivity contribution is 0.172. The van der Waals surface area contributed by atoms with Crippen LogP contribution in [0.2, 0.25) is 0 Å². The molecule has 1 aromatic carbocycles. The van der Waals surface area contributed by atoms with Gasteiger partial charge in [-0.15, -0.1) is 0 Å². The summed E-state index contributed by atoms with van der Waals surface area (Å²) in [5, 5.41) is 0. The number of aryl methyl sites for hydroxylation is 1. The lowest BCUT2D eigenvalue weighted by atomic mass is 9.87. The van der Waals surface area contributed by atoms with Crippen LogP contribution in [0.3, 0.4) is 0 Å². The summed E-state index contributed by atoms with van der Waals surface area (Å²) in [4.78, 5) is 4.93. The molecule has 1 aromatic rings. The number of hydrogen-bond donors (Lipinski definition) is 0. The fourth-order valence-corrected chi connectivity index (χ4v) is 2.92. The van der Waals surface area contributed by atoms with Crippen LogP contribution in [0.15, 0.2) is 24.3 Å². The van der Waals surface area contributed by atoms with Crippen molar-refractivity contribution in [3.8, 4) is 0 Å². The van der Waals surface area contributed by atoms with Gasteiger partial charge in [-0.2, -0.15) is 0 Å². The molecule has 0 aliphatic heterocycles. The third-order valence-corrected chi connectivity index (χ3v) is 4.08. The molecule has 0 unspecified atom stereocenters. The van der Waals surface area contributed by atoms with Crippen molar-refractivity contribution in [2.24, 2.45) is 0 Å². The molecular formula is C16H26N2. The first-order valence-electron chi connectivity index (χ1n) is 7.16. The second kappa shape index (κ2) is 6.35. The first kappa shape index (κ1) is 13.6. The first-order chi connectivity index (χ1) is 8.70. The summed E-state index contributed by atoms with van der Waals surface area (Å²) in [5.41, 5.74) is 3.13. The van der Waals surface area contributed by atoms with E-state index in [0.717, 1.165) is 12.6 Å². The van der Waals surface area contributed by atoms with Gasteiger partial charge in [-0.05, 0) is 51.0 Å². The van der Waals surface area contributed by atoms with Gasteiger partial charge in [0.25, 0.3) is 0 Å². The summed E-state index contributed by atoms with van der Waals surface area (Å²) in [5.74, 6) is 0. The van der Waals surface area contributed by atoms with Crippen LogP contribution >= 0.6 is 0 Å². The number of likely N-dealkylation sites (N-methyl/N-ethyl adjacent to an activating group) is 2. The number of fused-ring (bicyclic) bond motifs is 1. The lowest BCUT2D eigenvalue weighted by Gasteiger charge is -2.35. The quantitative estimate of drug-likeness (QED) is 0.787. The van der Waals surface area contributed by atoms with E-state index in [0.29, 0.717) is 0 Å². The van der Waals surface area contributed by atoms with E-state index in [2.05, 4.69) is 55.1 Å². The number of benzene rings is 1. The van der Waals surface area contributed by atoms with Crippen molar-refractivity contribution in [1.82, 2.24) is 9.80 Å². The Morgan fingerprint density at radius 2 is 1.83 bits per heavy atom. The van der Waals surface area contributed by atoms with E-state index in [9.17, 15) is 0 Å². The van der Waals surface area contributed by atoms with Gasteiger partial charge in [-0.25, -0.2) is 0 Å². The van der Waals surface area contributed by atoms with Crippen molar-refractivity contribution >= 4 is 0 Å². The average Bonchev–Trinajstić information content (AvgIpc) is 2.39. The third-order valence-electron chi connectivity index (χ3n) is 4.08. The Bertz CT molecular complexity index is 373. The van der Waals surface area contributed by atoms with Crippen LogP contribution in [-0.2, 0) is 12.8 Å². The Balaban J connectivity index is 1.98. The molecule has 0 N–H and O–H groups in total. The molecule has 2 rings (SSSR count). The van der Waals surface area contributed by atoms with Gasteiger partial charge >= 0.3 is 0 Å². The molecule has 1 atom stereocenters. The van der Waals surface area contributed by atoms with Crippen LogP contribution in [0, 0.1) is 0 Å². The second-order valence-electron chi connectivity index (χ2n) is 5.60. The minimum Gasteiger partial charge on any atom is -0.308 e. The fourth-order valence-electron chi connectivity index (χ4n) is 2.92. The topological polar surface area (TPSA) is 6.48 Å². The molecule has 2 nitrogen and oxygen atoms in total. The smallest absolute Gasteiger partial charge is 0.0139 e. The molecule has 0 heterocycles. The SMILES string of the molecule is CCN(CCN(C)C)[C@H]1CCc2ccccc2C1. The number of nitrogens with zero attached hydrogens (tertiary/aromatic N) is 2. The minimum atomic E-state index is 0.741. The monoisotopic (exact) mass is 246 g/mol. The molecule has 0 fully saturated rings. The van der Waals surface area contributed by atoms with Crippen LogP contribution in [0.5, 0.6) is 0 Å². The van der Waals surface area contributed by atoms with Crippen LogP contribution in [0.4, 0.5) is 0 Å². The molecule has 0 saturated carbocycles. The molecule has 0 saturated heterocycles. The maximum atomic E-state index is 2.65. The molecule has 18 heavy (non-hydrogen) atoms. The summed E-state index contributed by atoms with van der Waals surface area (Å²) in [6.07, 6.45) is 3.80. The summed E-state index contributed by atoms with van der Waals surface area (Å²) in [7, 11) is 4.31. The Hall–Kier alpha value is -0.860. The van der Waals surface area contributed by atoms with Crippen molar-refractivity contribution in [2.45, 2.75) is 32.2 Å². The van der Waals surface area contributed by atoms with E-state index in [-0.39, 0.29) is 0 Å². The molecule has 1 aliphatic rings. The zero-order chi connectivity index (χ0) is 13.0. The van der Waals surface area contributed by atoms with E-state index >= 15 is 0 Å². The lowest BCUT2D eigenvalue weighted by Crippen LogP contribution is -2.42. The highest BCUT2D eigenvalue weighted by Gasteiger charge is 2.22. The zero-order valence-electron chi connectivity index (χ0n) is 12.0. The van der Waals surface area contributed by atoms with Crippen LogP contribution in [-0.4, -0.2) is 49.6 Å². The maximum Gasteiger partial charge on any atom is 0.0139 e. The van der Waals surface area contributed by atoms with Gasteiger partial charge in [0.1, 0.15) is 0 Å². The Kier molecular flexibility index (Phi) is 4.79. The van der Waals surface area contributed by atoms with E-state index in [4.69, 9.17) is 0 Å². The average molecular weight is 246 g/mol. The summed E-state index contributed by atoms with van der Waals surface area (Å²) in [6, 6.07) is 9.69. The standard InChI is InChI=1S/C16H26N2/c1-4-18(12-11-17(2)3)16-10-9-14-7-5-6-8-15(14)13-16/h5-8,16H,4,9-13H2,1-3H3/t16-/m0/s1. The van der Waals surface area contributed by atoms with Crippen molar-refractivity contribution in [2.75, 3.05) is 33.7 Å². The summed E-state index contributed by atoms with van der Waals surface area (Å²) >= 11 is 0.